The molecular weight excluding hydrogens is 293 g/mol. The van der Waals surface area contributed by atoms with E-state index in [2.05, 4.69) is 0 Å². The number of nitrogens with zero attached hydrogens (tertiary/aromatic N) is 1. The largest absolute Gasteiger partial charge is 0.484 e. The Kier molecular flexibility index (Phi) is 4.81. The number of rotatable bonds is 4. The van der Waals surface area contributed by atoms with Gasteiger partial charge < -0.3 is 9.64 Å². The summed E-state index contributed by atoms with van der Waals surface area (Å²) >= 11 is 5.93. The van der Waals surface area contributed by atoms with Crippen molar-refractivity contribution in [2.45, 2.75) is 6.92 Å². The van der Waals surface area contributed by atoms with E-state index in [-0.39, 0.29) is 18.3 Å². The summed E-state index contributed by atoms with van der Waals surface area (Å²) in [7, 11) is 1.61. The Labute approximate surface area is 127 Å². The molecule has 0 unspecified atom stereocenters. The summed E-state index contributed by atoms with van der Waals surface area (Å²) in [5.74, 6) is -0.0367. The first-order valence-electron chi connectivity index (χ1n) is 6.38. The number of likely N-dealkylation sites (N-methyl/N-ethyl adjacent to an activating group) is 1. The van der Waals surface area contributed by atoms with E-state index in [1.165, 1.54) is 29.2 Å². The van der Waals surface area contributed by atoms with E-state index in [9.17, 15) is 9.18 Å². The summed E-state index contributed by atoms with van der Waals surface area (Å²) in [6, 6.07) is 11.0. The molecule has 1 amide bonds. The first kappa shape index (κ1) is 15.3. The summed E-state index contributed by atoms with van der Waals surface area (Å²) in [5.41, 5.74) is 1.56. The molecule has 2 rings (SSSR count). The third-order valence-corrected chi connectivity index (χ3v) is 3.18. The smallest absolute Gasteiger partial charge is 0.264 e. The van der Waals surface area contributed by atoms with Gasteiger partial charge in [0.2, 0.25) is 0 Å². The quantitative estimate of drug-likeness (QED) is 0.859. The van der Waals surface area contributed by atoms with E-state index in [4.69, 9.17) is 16.3 Å². The van der Waals surface area contributed by atoms with E-state index < -0.39 is 0 Å². The van der Waals surface area contributed by atoms with Crippen LogP contribution >= 0.6 is 11.6 Å². The number of ether oxygens (including phenoxy) is 1. The van der Waals surface area contributed by atoms with E-state index in [1.54, 1.807) is 25.2 Å². The highest BCUT2D eigenvalue weighted by Gasteiger charge is 2.12. The Hall–Kier alpha value is -2.07. The number of aryl methyl sites for hydroxylation is 1. The van der Waals surface area contributed by atoms with Crippen molar-refractivity contribution in [1.82, 2.24) is 0 Å². The number of carbonyl (C=O) groups excluding carboxylic acids is 1. The first-order chi connectivity index (χ1) is 9.95. The fourth-order valence-corrected chi connectivity index (χ4v) is 2.12. The van der Waals surface area contributed by atoms with E-state index in [1.807, 2.05) is 6.92 Å². The lowest BCUT2D eigenvalue weighted by atomic mass is 10.2. The van der Waals surface area contributed by atoms with Crippen LogP contribution in [0.4, 0.5) is 10.1 Å². The van der Waals surface area contributed by atoms with Crippen LogP contribution in [0.25, 0.3) is 0 Å². The second kappa shape index (κ2) is 6.59. The third kappa shape index (κ3) is 4.20. The number of halogens is 2. The van der Waals surface area contributed by atoms with Gasteiger partial charge in [0.25, 0.3) is 5.91 Å². The first-order valence-corrected chi connectivity index (χ1v) is 6.75. The maximum Gasteiger partial charge on any atom is 0.264 e. The average Bonchev–Trinajstić information content (AvgIpc) is 2.44. The molecule has 0 atom stereocenters. The Balaban J connectivity index is 1.99. The third-order valence-electron chi connectivity index (χ3n) is 2.97. The lowest BCUT2D eigenvalue weighted by Crippen LogP contribution is -2.31. The maximum atomic E-state index is 12.9. The van der Waals surface area contributed by atoms with Crippen LogP contribution < -0.4 is 9.64 Å². The van der Waals surface area contributed by atoms with Crippen molar-refractivity contribution in [3.63, 3.8) is 0 Å². The van der Waals surface area contributed by atoms with Crippen LogP contribution in [0.5, 0.6) is 5.75 Å². The van der Waals surface area contributed by atoms with Crippen LogP contribution in [0.2, 0.25) is 5.02 Å². The SMILES string of the molecule is Cc1cc(Cl)cc(OCC(=O)N(C)c2ccc(F)cc2)c1. The number of carbonyl (C=O) groups is 1. The number of anilines is 1. The molecule has 110 valence electrons. The molecule has 3 nitrogen and oxygen atoms in total. The van der Waals surface area contributed by atoms with Crippen LogP contribution in [0, 0.1) is 12.7 Å². The van der Waals surface area contributed by atoms with Crippen LogP contribution in [0.3, 0.4) is 0 Å². The molecule has 0 bridgehead atoms. The van der Waals surface area contributed by atoms with Gasteiger partial charge in [0, 0.05) is 17.8 Å². The van der Waals surface area contributed by atoms with Crippen molar-refractivity contribution in [1.29, 1.82) is 0 Å². The zero-order chi connectivity index (χ0) is 15.4. The molecule has 2 aromatic carbocycles. The molecule has 0 radical (unpaired) electrons. The second-order valence-electron chi connectivity index (χ2n) is 4.68. The molecule has 0 aliphatic carbocycles. The van der Waals surface area contributed by atoms with Crippen LogP contribution in [0.1, 0.15) is 5.56 Å². The molecule has 0 heterocycles. The highest BCUT2D eigenvalue weighted by atomic mass is 35.5. The Bertz CT molecular complexity index is 623. The Morgan fingerprint density at radius 1 is 1.24 bits per heavy atom. The van der Waals surface area contributed by atoms with Crippen molar-refractivity contribution in [2.24, 2.45) is 0 Å². The number of hydrogen-bond acceptors (Lipinski definition) is 2. The van der Waals surface area contributed by atoms with Gasteiger partial charge >= 0.3 is 0 Å². The maximum absolute atomic E-state index is 12.9. The second-order valence-corrected chi connectivity index (χ2v) is 5.12. The van der Waals surface area contributed by atoms with Gasteiger partial charge in [-0.1, -0.05) is 11.6 Å². The molecule has 0 saturated heterocycles. The number of hydrogen-bond donors (Lipinski definition) is 0. The van der Waals surface area contributed by atoms with Crippen molar-refractivity contribution in [3.05, 3.63) is 58.9 Å². The highest BCUT2D eigenvalue weighted by molar-refractivity contribution is 6.30. The van der Waals surface area contributed by atoms with Gasteiger partial charge in [-0.2, -0.15) is 0 Å². The van der Waals surface area contributed by atoms with Gasteiger partial charge in [0.1, 0.15) is 11.6 Å². The number of amides is 1. The van der Waals surface area contributed by atoms with Crippen molar-refractivity contribution < 1.29 is 13.9 Å². The van der Waals surface area contributed by atoms with Gasteiger partial charge in [-0.25, -0.2) is 4.39 Å². The predicted octanol–water partition coefficient (Wildman–Crippen LogP) is 3.83. The molecular formula is C16H15ClFNO2. The lowest BCUT2D eigenvalue weighted by molar-refractivity contribution is -0.120. The summed E-state index contributed by atoms with van der Waals surface area (Å²) in [6.45, 7) is 1.78. The molecule has 0 aliphatic rings. The zero-order valence-electron chi connectivity index (χ0n) is 11.8. The molecule has 0 aliphatic heterocycles. The standard InChI is InChI=1S/C16H15ClFNO2/c1-11-7-12(17)9-15(8-11)21-10-16(20)19(2)14-5-3-13(18)4-6-14/h3-9H,10H2,1-2H3. The van der Waals surface area contributed by atoms with E-state index in [0.29, 0.717) is 16.5 Å². The van der Waals surface area contributed by atoms with Crippen LogP contribution in [-0.4, -0.2) is 19.6 Å². The zero-order valence-corrected chi connectivity index (χ0v) is 12.5. The molecule has 0 N–H and O–H groups in total. The fourth-order valence-electron chi connectivity index (χ4n) is 1.84. The van der Waals surface area contributed by atoms with E-state index in [0.717, 1.165) is 5.56 Å². The Morgan fingerprint density at radius 2 is 1.90 bits per heavy atom. The molecule has 0 spiro atoms. The average molecular weight is 308 g/mol. The van der Waals surface area contributed by atoms with Crippen molar-refractivity contribution >= 4 is 23.2 Å². The molecule has 2 aromatic rings. The predicted molar refractivity (Wildman–Crippen MR) is 81.5 cm³/mol. The minimum atomic E-state index is -0.342. The molecule has 5 heteroatoms. The van der Waals surface area contributed by atoms with Crippen molar-refractivity contribution in [2.75, 3.05) is 18.6 Å². The summed E-state index contributed by atoms with van der Waals surface area (Å²) in [4.78, 5) is 13.5. The van der Waals surface area contributed by atoms with E-state index >= 15 is 0 Å². The lowest BCUT2D eigenvalue weighted by Gasteiger charge is -2.17. The summed E-state index contributed by atoms with van der Waals surface area (Å²) in [6.07, 6.45) is 0. The van der Waals surface area contributed by atoms with Gasteiger partial charge in [-0.3, -0.25) is 4.79 Å². The normalized spacial score (nSPS) is 10.3. The molecule has 0 aromatic heterocycles. The fraction of sp³-hybridized carbons (Fsp3) is 0.188. The van der Waals surface area contributed by atoms with Gasteiger partial charge in [-0.15, -0.1) is 0 Å². The van der Waals surface area contributed by atoms with Gasteiger partial charge in [0.15, 0.2) is 6.61 Å². The number of benzene rings is 2. The topological polar surface area (TPSA) is 29.5 Å². The van der Waals surface area contributed by atoms with Crippen molar-refractivity contribution in [3.8, 4) is 5.75 Å². The molecule has 21 heavy (non-hydrogen) atoms. The summed E-state index contributed by atoms with van der Waals surface area (Å²) in [5, 5.41) is 0.560. The summed E-state index contributed by atoms with van der Waals surface area (Å²) < 4.78 is 18.3. The van der Waals surface area contributed by atoms with Gasteiger partial charge in [0.05, 0.1) is 0 Å². The minimum Gasteiger partial charge on any atom is -0.484 e. The Morgan fingerprint density at radius 3 is 2.52 bits per heavy atom. The highest BCUT2D eigenvalue weighted by Crippen LogP contribution is 2.21. The monoisotopic (exact) mass is 307 g/mol. The molecule has 0 saturated carbocycles. The van der Waals surface area contributed by atoms with Gasteiger partial charge in [-0.05, 0) is 55.0 Å². The molecule has 0 fully saturated rings. The van der Waals surface area contributed by atoms with Crippen LogP contribution in [-0.2, 0) is 4.79 Å². The minimum absolute atomic E-state index is 0.117. The van der Waals surface area contributed by atoms with Crippen LogP contribution in [0.15, 0.2) is 42.5 Å².